The first kappa shape index (κ1) is 24.4. The van der Waals surface area contributed by atoms with Crippen molar-refractivity contribution in [1.82, 2.24) is 0 Å². The number of Topliss-reactive ketones (excluding diaryl/α,β-unsaturated/α-hetero) is 1. The quantitative estimate of drug-likeness (QED) is 0.257. The molecule has 7 heteroatoms. The number of methoxy groups -OCH3 is 1. The lowest BCUT2D eigenvalue weighted by Gasteiger charge is -2.26. The van der Waals surface area contributed by atoms with Gasteiger partial charge in [0.05, 0.1) is 24.8 Å². The molecule has 1 unspecified atom stereocenters. The number of ether oxygens (including phenoxy) is 2. The average Bonchev–Trinajstić information content (AvgIpc) is 3.11. The molecule has 35 heavy (non-hydrogen) atoms. The summed E-state index contributed by atoms with van der Waals surface area (Å²) in [6, 6.07) is 18.1. The Hall–Kier alpha value is -3.77. The first-order valence-corrected chi connectivity index (χ1v) is 11.6. The summed E-state index contributed by atoms with van der Waals surface area (Å²) in [5, 5.41) is 11.7. The highest BCUT2D eigenvalue weighted by molar-refractivity contribution is 6.51. The van der Waals surface area contributed by atoms with Crippen LogP contribution in [0.15, 0.2) is 72.3 Å². The number of aliphatic hydroxyl groups excluding tert-OH is 1. The van der Waals surface area contributed by atoms with E-state index in [0.717, 1.165) is 5.56 Å². The second-order valence-corrected chi connectivity index (χ2v) is 8.97. The molecule has 1 aliphatic heterocycles. The van der Waals surface area contributed by atoms with E-state index in [1.807, 2.05) is 20.8 Å². The van der Waals surface area contributed by atoms with Crippen LogP contribution in [0.2, 0.25) is 5.02 Å². The molecule has 0 aliphatic carbocycles. The van der Waals surface area contributed by atoms with Crippen molar-refractivity contribution in [3.05, 3.63) is 94.0 Å². The number of aliphatic hydroxyl groups is 1. The van der Waals surface area contributed by atoms with Gasteiger partial charge >= 0.3 is 0 Å². The first-order valence-electron chi connectivity index (χ1n) is 11.2. The minimum absolute atomic E-state index is 0.00354. The van der Waals surface area contributed by atoms with Crippen molar-refractivity contribution in [2.24, 2.45) is 0 Å². The molecular formula is C28H26ClNO5. The third-order valence-corrected chi connectivity index (χ3v) is 6.22. The van der Waals surface area contributed by atoms with Gasteiger partial charge < -0.3 is 14.6 Å². The van der Waals surface area contributed by atoms with Crippen molar-refractivity contribution in [2.45, 2.75) is 32.9 Å². The Morgan fingerprint density at radius 2 is 1.60 bits per heavy atom. The Kier molecular flexibility index (Phi) is 6.85. The molecule has 180 valence electrons. The summed E-state index contributed by atoms with van der Waals surface area (Å²) in [4.78, 5) is 27.9. The molecular weight excluding hydrogens is 466 g/mol. The van der Waals surface area contributed by atoms with Crippen LogP contribution >= 0.6 is 11.6 Å². The van der Waals surface area contributed by atoms with Gasteiger partial charge in [0.15, 0.2) is 0 Å². The zero-order valence-corrected chi connectivity index (χ0v) is 20.7. The lowest BCUT2D eigenvalue weighted by atomic mass is 9.95. The lowest BCUT2D eigenvalue weighted by molar-refractivity contribution is -0.132. The van der Waals surface area contributed by atoms with Crippen LogP contribution in [-0.2, 0) is 9.59 Å². The smallest absolute Gasteiger partial charge is 0.300 e. The van der Waals surface area contributed by atoms with Crippen LogP contribution in [0.4, 0.5) is 5.69 Å². The van der Waals surface area contributed by atoms with E-state index in [4.69, 9.17) is 21.1 Å². The Bertz CT molecular complexity index is 1300. The van der Waals surface area contributed by atoms with Crippen molar-refractivity contribution in [3.8, 4) is 11.5 Å². The van der Waals surface area contributed by atoms with Gasteiger partial charge in [-0.25, -0.2) is 0 Å². The fourth-order valence-electron chi connectivity index (χ4n) is 4.05. The molecule has 1 fully saturated rings. The maximum Gasteiger partial charge on any atom is 0.300 e. The van der Waals surface area contributed by atoms with Crippen LogP contribution in [0, 0.1) is 6.92 Å². The van der Waals surface area contributed by atoms with Crippen molar-refractivity contribution < 1.29 is 24.2 Å². The van der Waals surface area contributed by atoms with E-state index >= 15 is 0 Å². The Morgan fingerprint density at radius 3 is 2.17 bits per heavy atom. The van der Waals surface area contributed by atoms with Gasteiger partial charge in [-0.2, -0.15) is 0 Å². The Morgan fingerprint density at radius 1 is 0.971 bits per heavy atom. The van der Waals surface area contributed by atoms with Gasteiger partial charge in [0.1, 0.15) is 17.3 Å². The predicted octanol–water partition coefficient (Wildman–Crippen LogP) is 6.07. The van der Waals surface area contributed by atoms with Crippen molar-refractivity contribution in [1.29, 1.82) is 0 Å². The molecule has 0 aromatic heterocycles. The highest BCUT2D eigenvalue weighted by Gasteiger charge is 2.47. The number of anilines is 1. The zero-order valence-electron chi connectivity index (χ0n) is 19.9. The van der Waals surface area contributed by atoms with E-state index in [-0.39, 0.29) is 17.4 Å². The summed E-state index contributed by atoms with van der Waals surface area (Å²) in [6.45, 7) is 5.69. The van der Waals surface area contributed by atoms with E-state index in [1.54, 1.807) is 73.8 Å². The number of benzene rings is 3. The summed E-state index contributed by atoms with van der Waals surface area (Å²) in [6.07, 6.45) is -0.00354. The van der Waals surface area contributed by atoms with Crippen LogP contribution in [-0.4, -0.2) is 30.0 Å². The topological polar surface area (TPSA) is 76.1 Å². The van der Waals surface area contributed by atoms with Gasteiger partial charge in [0, 0.05) is 16.3 Å². The maximum absolute atomic E-state index is 13.3. The molecule has 0 spiro atoms. The Balaban J connectivity index is 1.87. The van der Waals surface area contributed by atoms with Gasteiger partial charge in [0.25, 0.3) is 11.7 Å². The largest absolute Gasteiger partial charge is 0.507 e. The molecule has 0 radical (unpaired) electrons. The highest BCUT2D eigenvalue weighted by Crippen LogP contribution is 2.43. The molecule has 1 saturated heterocycles. The van der Waals surface area contributed by atoms with Gasteiger partial charge in [-0.3, -0.25) is 14.5 Å². The molecule has 3 aromatic rings. The highest BCUT2D eigenvalue weighted by atomic mass is 35.5. The van der Waals surface area contributed by atoms with E-state index < -0.39 is 17.7 Å². The fourth-order valence-corrected chi connectivity index (χ4v) is 4.23. The zero-order chi connectivity index (χ0) is 25.3. The van der Waals surface area contributed by atoms with E-state index in [0.29, 0.717) is 33.3 Å². The summed E-state index contributed by atoms with van der Waals surface area (Å²) >= 11 is 6.34. The van der Waals surface area contributed by atoms with Crippen molar-refractivity contribution >= 4 is 34.7 Å². The van der Waals surface area contributed by atoms with E-state index in [2.05, 4.69) is 0 Å². The monoisotopic (exact) mass is 491 g/mol. The first-order chi connectivity index (χ1) is 16.7. The van der Waals surface area contributed by atoms with Crippen LogP contribution in [0.5, 0.6) is 11.5 Å². The van der Waals surface area contributed by atoms with Crippen LogP contribution in [0.1, 0.15) is 36.6 Å². The third kappa shape index (κ3) is 4.75. The van der Waals surface area contributed by atoms with Crippen molar-refractivity contribution in [3.63, 3.8) is 0 Å². The van der Waals surface area contributed by atoms with E-state index in [1.165, 1.54) is 4.90 Å². The molecule has 6 nitrogen and oxygen atoms in total. The fraction of sp³-hybridized carbons (Fsp3) is 0.214. The molecule has 1 atom stereocenters. The van der Waals surface area contributed by atoms with Gasteiger partial charge in [-0.1, -0.05) is 29.8 Å². The SMILES string of the molecule is COc1ccc(C2/C(=C(\O)c3ccc(OC(C)C)cc3)C(=O)C(=O)N2c2ccc(C)c(Cl)c2)cc1. The molecule has 4 rings (SSSR count). The Labute approximate surface area is 209 Å². The van der Waals surface area contributed by atoms with Gasteiger partial charge in [-0.15, -0.1) is 0 Å². The summed E-state index contributed by atoms with van der Waals surface area (Å²) in [7, 11) is 1.56. The number of amides is 1. The number of nitrogens with zero attached hydrogens (tertiary/aromatic N) is 1. The second-order valence-electron chi connectivity index (χ2n) is 8.57. The molecule has 1 aliphatic rings. The predicted molar refractivity (Wildman–Crippen MR) is 136 cm³/mol. The molecule has 0 saturated carbocycles. The number of halogens is 1. The summed E-state index contributed by atoms with van der Waals surface area (Å²) in [5.41, 5.74) is 2.34. The second kappa shape index (κ2) is 9.84. The lowest BCUT2D eigenvalue weighted by Crippen LogP contribution is -2.29. The van der Waals surface area contributed by atoms with Gasteiger partial charge in [-0.05, 0) is 80.4 Å². The van der Waals surface area contributed by atoms with Crippen molar-refractivity contribution in [2.75, 3.05) is 12.0 Å². The molecule has 1 heterocycles. The number of hydrogen-bond donors (Lipinski definition) is 1. The molecule has 1 N–H and O–H groups in total. The standard InChI is InChI=1S/C28H26ClNO5/c1-16(2)35-22-13-8-19(9-14-22)26(31)24-25(18-6-11-21(34-4)12-7-18)30(28(33)27(24)32)20-10-5-17(3)23(29)15-20/h5-16,25,31H,1-4H3/b26-24+. The molecule has 0 bridgehead atoms. The maximum atomic E-state index is 13.3. The molecule has 3 aromatic carbocycles. The minimum Gasteiger partial charge on any atom is -0.507 e. The number of rotatable bonds is 6. The summed E-state index contributed by atoms with van der Waals surface area (Å²) in [5.74, 6) is -0.515. The van der Waals surface area contributed by atoms with Gasteiger partial charge in [0.2, 0.25) is 0 Å². The number of carbonyl (C=O) groups excluding carboxylic acids is 2. The summed E-state index contributed by atoms with van der Waals surface area (Å²) < 4.78 is 10.9. The minimum atomic E-state index is -0.855. The van der Waals surface area contributed by atoms with Crippen LogP contribution in [0.25, 0.3) is 5.76 Å². The third-order valence-electron chi connectivity index (χ3n) is 5.81. The number of carbonyl (C=O) groups is 2. The average molecular weight is 492 g/mol. The number of aryl methyl sites for hydroxylation is 1. The number of hydrogen-bond acceptors (Lipinski definition) is 5. The number of ketones is 1. The normalized spacial score (nSPS) is 17.2. The van der Waals surface area contributed by atoms with E-state index in [9.17, 15) is 14.7 Å². The van der Waals surface area contributed by atoms with Crippen LogP contribution < -0.4 is 14.4 Å². The van der Waals surface area contributed by atoms with Crippen LogP contribution in [0.3, 0.4) is 0 Å². The molecule has 1 amide bonds.